The highest BCUT2D eigenvalue weighted by atomic mass is 19.4. The van der Waals surface area contributed by atoms with Crippen molar-refractivity contribution in [3.63, 3.8) is 0 Å². The van der Waals surface area contributed by atoms with Gasteiger partial charge in [0.05, 0.1) is 5.56 Å². The van der Waals surface area contributed by atoms with Crippen LogP contribution < -0.4 is 5.32 Å². The lowest BCUT2D eigenvalue weighted by Crippen LogP contribution is -2.23. The summed E-state index contributed by atoms with van der Waals surface area (Å²) in [5.41, 5.74) is -0.217. The van der Waals surface area contributed by atoms with Crippen molar-refractivity contribution in [1.29, 1.82) is 0 Å². The average Bonchev–Trinajstić information content (AvgIpc) is 2.36. The van der Waals surface area contributed by atoms with E-state index < -0.39 is 11.7 Å². The molecule has 0 amide bonds. The van der Waals surface area contributed by atoms with Gasteiger partial charge >= 0.3 is 6.18 Å². The van der Waals surface area contributed by atoms with Crippen molar-refractivity contribution in [2.24, 2.45) is 5.92 Å². The maximum absolute atomic E-state index is 12.9. The predicted molar refractivity (Wildman–Crippen MR) is 76.6 cm³/mol. The van der Waals surface area contributed by atoms with Gasteiger partial charge in [-0.2, -0.15) is 13.2 Å². The summed E-state index contributed by atoms with van der Waals surface area (Å²) in [5.74, 6) is 0.679. The van der Waals surface area contributed by atoms with Gasteiger partial charge in [0.15, 0.2) is 0 Å². The average molecular weight is 287 g/mol. The summed E-state index contributed by atoms with van der Waals surface area (Å²) in [6.07, 6.45) is -1.02. The molecule has 0 bridgehead atoms. The molecular weight excluding hydrogens is 263 g/mol. The van der Waals surface area contributed by atoms with E-state index >= 15 is 0 Å². The standard InChI is InChI=1S/C16H24F3N/c1-12(2)8-6-7-11-20-13(3)14-9-4-5-10-15(14)16(17,18)19/h4-5,9-10,12-13,20H,6-8,11H2,1-3H3. The van der Waals surface area contributed by atoms with Gasteiger partial charge in [-0.1, -0.05) is 44.9 Å². The Hall–Kier alpha value is -1.03. The van der Waals surface area contributed by atoms with Crippen molar-refractivity contribution in [3.05, 3.63) is 35.4 Å². The molecule has 0 aromatic heterocycles. The molecule has 0 radical (unpaired) electrons. The van der Waals surface area contributed by atoms with E-state index in [1.165, 1.54) is 6.07 Å². The van der Waals surface area contributed by atoms with E-state index in [4.69, 9.17) is 0 Å². The number of rotatable bonds is 7. The minimum Gasteiger partial charge on any atom is -0.310 e. The summed E-state index contributed by atoms with van der Waals surface area (Å²) in [5, 5.41) is 3.19. The molecule has 1 unspecified atom stereocenters. The first-order valence-corrected chi connectivity index (χ1v) is 7.22. The van der Waals surface area contributed by atoms with Gasteiger partial charge < -0.3 is 5.32 Å². The van der Waals surface area contributed by atoms with Crippen molar-refractivity contribution >= 4 is 0 Å². The lowest BCUT2D eigenvalue weighted by atomic mass is 10.0. The van der Waals surface area contributed by atoms with Gasteiger partial charge in [-0.25, -0.2) is 0 Å². The molecule has 1 aromatic rings. The van der Waals surface area contributed by atoms with Gasteiger partial charge in [0, 0.05) is 6.04 Å². The van der Waals surface area contributed by atoms with Crippen LogP contribution in [-0.4, -0.2) is 6.54 Å². The van der Waals surface area contributed by atoms with Crippen LogP contribution in [0.15, 0.2) is 24.3 Å². The van der Waals surface area contributed by atoms with E-state index in [2.05, 4.69) is 19.2 Å². The van der Waals surface area contributed by atoms with Gasteiger partial charge in [-0.05, 0) is 37.4 Å². The second-order valence-corrected chi connectivity index (χ2v) is 5.65. The molecule has 1 rings (SSSR count). The minimum atomic E-state index is -4.29. The summed E-state index contributed by atoms with van der Waals surface area (Å²) < 4.78 is 38.7. The molecule has 0 aliphatic rings. The first kappa shape index (κ1) is 17.0. The Labute approximate surface area is 119 Å². The van der Waals surface area contributed by atoms with Gasteiger partial charge in [0.1, 0.15) is 0 Å². The number of nitrogens with one attached hydrogen (secondary N) is 1. The van der Waals surface area contributed by atoms with E-state index in [9.17, 15) is 13.2 Å². The molecule has 114 valence electrons. The number of benzene rings is 1. The third kappa shape index (κ3) is 5.53. The fraction of sp³-hybridized carbons (Fsp3) is 0.625. The number of halogens is 3. The van der Waals surface area contributed by atoms with Crippen LogP contribution in [0.5, 0.6) is 0 Å². The van der Waals surface area contributed by atoms with E-state index in [1.54, 1.807) is 19.1 Å². The summed E-state index contributed by atoms with van der Waals surface area (Å²) in [6, 6.07) is 5.50. The van der Waals surface area contributed by atoms with Crippen molar-refractivity contribution in [3.8, 4) is 0 Å². The monoisotopic (exact) mass is 287 g/mol. The van der Waals surface area contributed by atoms with Gasteiger partial charge in [-0.15, -0.1) is 0 Å². The highest BCUT2D eigenvalue weighted by Crippen LogP contribution is 2.34. The summed E-state index contributed by atoms with van der Waals surface area (Å²) in [6.45, 7) is 6.89. The first-order valence-electron chi connectivity index (χ1n) is 7.22. The Morgan fingerprint density at radius 2 is 1.70 bits per heavy atom. The van der Waals surface area contributed by atoms with Crippen LogP contribution in [0.1, 0.15) is 57.2 Å². The Kier molecular flexibility index (Phi) is 6.53. The van der Waals surface area contributed by atoms with E-state index in [0.29, 0.717) is 11.5 Å². The van der Waals surface area contributed by atoms with Crippen molar-refractivity contribution < 1.29 is 13.2 Å². The Morgan fingerprint density at radius 1 is 1.05 bits per heavy atom. The Balaban J connectivity index is 2.53. The molecule has 0 spiro atoms. The van der Waals surface area contributed by atoms with Gasteiger partial charge in [0.25, 0.3) is 0 Å². The number of unbranched alkanes of at least 4 members (excludes halogenated alkanes) is 1. The number of hydrogen-bond donors (Lipinski definition) is 1. The quantitative estimate of drug-likeness (QED) is 0.681. The molecule has 1 aromatic carbocycles. The molecule has 1 N–H and O–H groups in total. The van der Waals surface area contributed by atoms with Crippen molar-refractivity contribution in [1.82, 2.24) is 5.32 Å². The molecule has 0 aliphatic heterocycles. The van der Waals surface area contributed by atoms with E-state index in [-0.39, 0.29) is 6.04 Å². The first-order chi connectivity index (χ1) is 9.32. The zero-order chi connectivity index (χ0) is 15.2. The fourth-order valence-corrected chi connectivity index (χ4v) is 2.24. The Morgan fingerprint density at radius 3 is 2.30 bits per heavy atom. The lowest BCUT2D eigenvalue weighted by molar-refractivity contribution is -0.138. The third-order valence-corrected chi connectivity index (χ3v) is 3.39. The molecule has 0 fully saturated rings. The fourth-order valence-electron chi connectivity index (χ4n) is 2.24. The molecule has 0 saturated carbocycles. The van der Waals surface area contributed by atoms with Crippen molar-refractivity contribution in [2.45, 2.75) is 52.3 Å². The lowest BCUT2D eigenvalue weighted by Gasteiger charge is -2.19. The predicted octanol–water partition coefficient (Wildman–Crippen LogP) is 5.18. The van der Waals surface area contributed by atoms with Gasteiger partial charge in [-0.3, -0.25) is 0 Å². The molecule has 0 saturated heterocycles. The van der Waals surface area contributed by atoms with Crippen LogP contribution in [0.3, 0.4) is 0 Å². The van der Waals surface area contributed by atoms with Gasteiger partial charge in [0.2, 0.25) is 0 Å². The smallest absolute Gasteiger partial charge is 0.310 e. The highest BCUT2D eigenvalue weighted by molar-refractivity contribution is 5.31. The topological polar surface area (TPSA) is 12.0 Å². The largest absolute Gasteiger partial charge is 0.416 e. The second kappa shape index (κ2) is 7.67. The minimum absolute atomic E-state index is 0.285. The Bertz CT molecular complexity index is 399. The molecule has 0 aliphatic carbocycles. The molecular formula is C16H24F3N. The second-order valence-electron chi connectivity index (χ2n) is 5.65. The van der Waals surface area contributed by atoms with Crippen LogP contribution in [-0.2, 0) is 6.18 Å². The molecule has 1 atom stereocenters. The summed E-state index contributed by atoms with van der Waals surface area (Å²) in [7, 11) is 0. The highest BCUT2D eigenvalue weighted by Gasteiger charge is 2.33. The van der Waals surface area contributed by atoms with Crippen LogP contribution in [0, 0.1) is 5.92 Å². The number of alkyl halides is 3. The zero-order valence-electron chi connectivity index (χ0n) is 12.4. The van der Waals surface area contributed by atoms with E-state index in [1.807, 2.05) is 0 Å². The summed E-state index contributed by atoms with van der Waals surface area (Å²) in [4.78, 5) is 0. The van der Waals surface area contributed by atoms with Crippen LogP contribution in [0.4, 0.5) is 13.2 Å². The van der Waals surface area contributed by atoms with E-state index in [0.717, 1.165) is 31.9 Å². The molecule has 1 nitrogen and oxygen atoms in total. The zero-order valence-corrected chi connectivity index (χ0v) is 12.4. The SMILES string of the molecule is CC(C)CCCCNC(C)c1ccccc1C(F)(F)F. The maximum Gasteiger partial charge on any atom is 0.416 e. The van der Waals surface area contributed by atoms with Crippen molar-refractivity contribution in [2.75, 3.05) is 6.54 Å². The normalized spacial score (nSPS) is 13.8. The molecule has 0 heterocycles. The maximum atomic E-state index is 12.9. The summed E-state index contributed by atoms with van der Waals surface area (Å²) >= 11 is 0. The molecule has 4 heteroatoms. The third-order valence-electron chi connectivity index (χ3n) is 3.39. The molecule has 20 heavy (non-hydrogen) atoms. The van der Waals surface area contributed by atoms with Crippen LogP contribution >= 0.6 is 0 Å². The van der Waals surface area contributed by atoms with Crippen LogP contribution in [0.2, 0.25) is 0 Å². The number of hydrogen-bond acceptors (Lipinski definition) is 1. The van der Waals surface area contributed by atoms with Crippen LogP contribution in [0.25, 0.3) is 0 Å².